The van der Waals surface area contributed by atoms with E-state index < -0.39 is 17.5 Å². The maximum Gasteiger partial charge on any atom is 0.414 e. The number of amides is 1. The molecule has 3 aliphatic rings. The quantitative estimate of drug-likeness (QED) is 0.633. The van der Waals surface area contributed by atoms with Crippen LogP contribution in [-0.4, -0.2) is 54.6 Å². The summed E-state index contributed by atoms with van der Waals surface area (Å²) in [5.41, 5.74) is 1.26. The highest BCUT2D eigenvalue weighted by molar-refractivity contribution is 5.90. The summed E-state index contributed by atoms with van der Waals surface area (Å²) in [5, 5.41) is 22.5. The molecule has 1 N–H and O–H groups in total. The number of pyridine rings is 1. The van der Waals surface area contributed by atoms with Crippen molar-refractivity contribution in [1.29, 1.82) is 0 Å². The van der Waals surface area contributed by atoms with E-state index in [4.69, 9.17) is 4.74 Å². The van der Waals surface area contributed by atoms with Gasteiger partial charge in [-0.1, -0.05) is 6.07 Å². The molecule has 9 nitrogen and oxygen atoms in total. The number of anilines is 1. The summed E-state index contributed by atoms with van der Waals surface area (Å²) in [6.07, 6.45) is 4.66. The Bertz CT molecular complexity index is 1190. The smallest absolute Gasteiger partial charge is 0.414 e. The average molecular weight is 436 g/mol. The first kappa shape index (κ1) is 19.3. The lowest BCUT2D eigenvalue weighted by Crippen LogP contribution is -2.26. The van der Waals surface area contributed by atoms with E-state index in [1.54, 1.807) is 35.3 Å². The van der Waals surface area contributed by atoms with Gasteiger partial charge in [0.1, 0.15) is 17.6 Å². The minimum absolute atomic E-state index is 0.296. The van der Waals surface area contributed by atoms with Crippen LogP contribution in [0.25, 0.3) is 22.6 Å². The molecule has 164 valence electrons. The highest BCUT2D eigenvalue weighted by Gasteiger charge is 2.46. The molecule has 32 heavy (non-hydrogen) atoms. The number of aromatic nitrogens is 5. The number of hydrogen-bond donors (Lipinski definition) is 1. The van der Waals surface area contributed by atoms with E-state index in [1.165, 1.54) is 11.0 Å². The zero-order valence-electron chi connectivity index (χ0n) is 17.2. The Morgan fingerprint density at radius 1 is 1.22 bits per heavy atom. The minimum Gasteiger partial charge on any atom is -0.444 e. The van der Waals surface area contributed by atoms with Crippen molar-refractivity contribution in [3.8, 4) is 22.6 Å². The number of cyclic esters (lactones) is 1. The molecule has 1 aliphatic heterocycles. The zero-order valence-corrected chi connectivity index (χ0v) is 17.2. The Morgan fingerprint density at radius 2 is 2.06 bits per heavy atom. The first-order valence-electron chi connectivity index (χ1n) is 10.7. The lowest BCUT2D eigenvalue weighted by molar-refractivity contribution is 0.0705. The summed E-state index contributed by atoms with van der Waals surface area (Å²) in [6.45, 7) is 0.296. The van der Waals surface area contributed by atoms with Crippen molar-refractivity contribution in [3.05, 3.63) is 42.3 Å². The highest BCUT2D eigenvalue weighted by Crippen LogP contribution is 2.41. The van der Waals surface area contributed by atoms with Crippen LogP contribution in [0.5, 0.6) is 0 Å². The SMILES string of the molecule is O=C1O[C@@H](CC2(O)CC2)CN1c1ccc(-c2ccc(-c3nnn(C4CC4)n3)nc2)c(F)c1. The van der Waals surface area contributed by atoms with Gasteiger partial charge in [-0.2, -0.15) is 4.80 Å². The summed E-state index contributed by atoms with van der Waals surface area (Å²) < 4.78 is 20.3. The molecule has 2 saturated carbocycles. The topological polar surface area (TPSA) is 106 Å². The highest BCUT2D eigenvalue weighted by atomic mass is 19.1. The van der Waals surface area contributed by atoms with Crippen molar-refractivity contribution in [2.24, 2.45) is 0 Å². The van der Waals surface area contributed by atoms with E-state index in [2.05, 4.69) is 20.4 Å². The average Bonchev–Trinajstić information content (AvgIpc) is 3.67. The van der Waals surface area contributed by atoms with Crippen molar-refractivity contribution in [2.45, 2.75) is 49.9 Å². The van der Waals surface area contributed by atoms with Gasteiger partial charge < -0.3 is 9.84 Å². The molecule has 1 aromatic carbocycles. The first-order chi connectivity index (χ1) is 15.5. The van der Waals surface area contributed by atoms with E-state index in [0.29, 0.717) is 47.3 Å². The number of carbonyl (C=O) groups excluding carboxylic acids is 1. The number of nitrogens with zero attached hydrogens (tertiary/aromatic N) is 6. The maximum absolute atomic E-state index is 14.9. The number of rotatable bonds is 6. The molecule has 1 atom stereocenters. The van der Waals surface area contributed by atoms with Gasteiger partial charge in [-0.3, -0.25) is 9.88 Å². The molecule has 0 radical (unpaired) electrons. The number of halogens is 1. The number of ether oxygens (including phenoxy) is 1. The lowest BCUT2D eigenvalue weighted by atomic mass is 10.1. The van der Waals surface area contributed by atoms with Gasteiger partial charge in [0.05, 0.1) is 23.9 Å². The van der Waals surface area contributed by atoms with Gasteiger partial charge in [0.25, 0.3) is 0 Å². The largest absolute Gasteiger partial charge is 0.444 e. The van der Waals surface area contributed by atoms with Crippen LogP contribution in [0.1, 0.15) is 38.1 Å². The second-order valence-electron chi connectivity index (χ2n) is 8.81. The standard InChI is InChI=1S/C22H21FN6O3/c23-18-9-15(28-12-16(32-21(28)30)10-22(31)7-8-22)4-5-17(18)13-1-6-19(24-11-13)20-25-27-29(26-20)14-2-3-14/h1,4-6,9,11,14,16,31H,2-3,7-8,10,12H2/t16-/m0/s1. The predicted octanol–water partition coefficient (Wildman–Crippen LogP) is 3.12. The molecule has 3 heterocycles. The summed E-state index contributed by atoms with van der Waals surface area (Å²) >= 11 is 0. The fourth-order valence-electron chi connectivity index (χ4n) is 3.99. The molecule has 3 fully saturated rings. The lowest BCUT2D eigenvalue weighted by Gasteiger charge is -2.15. The molecule has 2 aliphatic carbocycles. The normalized spacial score (nSPS) is 21.6. The summed E-state index contributed by atoms with van der Waals surface area (Å²) in [6, 6.07) is 8.46. The van der Waals surface area contributed by atoms with Crippen molar-refractivity contribution >= 4 is 11.8 Å². The molecule has 3 aromatic rings. The van der Waals surface area contributed by atoms with Crippen molar-refractivity contribution < 1.29 is 19.0 Å². The third kappa shape index (κ3) is 3.60. The van der Waals surface area contributed by atoms with E-state index in [0.717, 1.165) is 25.7 Å². The van der Waals surface area contributed by atoms with Gasteiger partial charge in [-0.25, -0.2) is 9.18 Å². The monoisotopic (exact) mass is 436 g/mol. The Kier molecular flexibility index (Phi) is 4.26. The zero-order chi connectivity index (χ0) is 21.9. The second kappa shape index (κ2) is 7.06. The van der Waals surface area contributed by atoms with Crippen LogP contribution < -0.4 is 4.90 Å². The van der Waals surface area contributed by atoms with Gasteiger partial charge >= 0.3 is 6.09 Å². The van der Waals surface area contributed by atoms with E-state index in [1.807, 2.05) is 0 Å². The van der Waals surface area contributed by atoms with E-state index >= 15 is 0 Å². The Hall–Kier alpha value is -3.40. The van der Waals surface area contributed by atoms with Crippen LogP contribution >= 0.6 is 0 Å². The summed E-state index contributed by atoms with van der Waals surface area (Å²) in [4.78, 5) is 19.6. The second-order valence-corrected chi connectivity index (χ2v) is 8.81. The minimum atomic E-state index is -0.711. The predicted molar refractivity (Wildman–Crippen MR) is 111 cm³/mol. The first-order valence-corrected chi connectivity index (χ1v) is 10.7. The van der Waals surface area contributed by atoms with Crippen LogP contribution in [0, 0.1) is 5.82 Å². The van der Waals surface area contributed by atoms with Gasteiger partial charge in [0.15, 0.2) is 0 Å². The van der Waals surface area contributed by atoms with Crippen LogP contribution in [0.2, 0.25) is 0 Å². The van der Waals surface area contributed by atoms with Gasteiger partial charge in [0, 0.05) is 23.7 Å². The third-order valence-electron chi connectivity index (χ3n) is 6.18. The maximum atomic E-state index is 14.9. The molecule has 1 saturated heterocycles. The molecule has 0 bridgehead atoms. The van der Waals surface area contributed by atoms with Crippen LogP contribution in [0.15, 0.2) is 36.5 Å². The molecule has 6 rings (SSSR count). The fraction of sp³-hybridized carbons (Fsp3) is 0.409. The molecule has 1 amide bonds. The van der Waals surface area contributed by atoms with Crippen molar-refractivity contribution in [3.63, 3.8) is 0 Å². The van der Waals surface area contributed by atoms with Crippen LogP contribution in [0.3, 0.4) is 0 Å². The molecular weight excluding hydrogens is 415 g/mol. The van der Waals surface area contributed by atoms with Crippen molar-refractivity contribution in [2.75, 3.05) is 11.4 Å². The molecule has 10 heteroatoms. The molecule has 0 spiro atoms. The van der Waals surface area contributed by atoms with Crippen LogP contribution in [0.4, 0.5) is 14.9 Å². The number of aliphatic hydroxyl groups is 1. The van der Waals surface area contributed by atoms with Gasteiger partial charge in [0.2, 0.25) is 5.82 Å². The summed E-state index contributed by atoms with van der Waals surface area (Å²) in [7, 11) is 0. The molecule has 0 unspecified atom stereocenters. The van der Waals surface area contributed by atoms with Crippen molar-refractivity contribution in [1.82, 2.24) is 25.2 Å². The van der Waals surface area contributed by atoms with Gasteiger partial charge in [-0.05, 0) is 55.2 Å². The Balaban J connectivity index is 1.19. The Labute approximate surface area is 182 Å². The number of hydrogen-bond acceptors (Lipinski definition) is 7. The molecule has 2 aromatic heterocycles. The summed E-state index contributed by atoms with van der Waals surface area (Å²) in [5.74, 6) is -0.0239. The van der Waals surface area contributed by atoms with Gasteiger partial charge in [-0.15, -0.1) is 10.2 Å². The number of benzene rings is 1. The van der Waals surface area contributed by atoms with E-state index in [9.17, 15) is 14.3 Å². The number of carbonyl (C=O) groups is 1. The third-order valence-corrected chi connectivity index (χ3v) is 6.18. The molecular formula is C22H21FN6O3. The fourth-order valence-corrected chi connectivity index (χ4v) is 3.99. The Morgan fingerprint density at radius 3 is 2.75 bits per heavy atom. The van der Waals surface area contributed by atoms with Crippen LogP contribution in [-0.2, 0) is 4.74 Å². The van der Waals surface area contributed by atoms with E-state index in [-0.39, 0.29) is 6.10 Å². The number of tetrazole rings is 1.